The molecule has 1 amide bonds. The third-order valence-electron chi connectivity index (χ3n) is 4.32. The van der Waals surface area contributed by atoms with Gasteiger partial charge < -0.3 is 9.64 Å². The Kier molecular flexibility index (Phi) is 3.36. The molecule has 102 valence electrons. The Morgan fingerprint density at radius 2 is 2.11 bits per heavy atom. The van der Waals surface area contributed by atoms with E-state index in [9.17, 15) is 4.79 Å². The van der Waals surface area contributed by atoms with Gasteiger partial charge in [-0.3, -0.25) is 4.79 Å². The molecule has 0 bridgehead atoms. The summed E-state index contributed by atoms with van der Waals surface area (Å²) in [6, 6.07) is 3.81. The van der Waals surface area contributed by atoms with Crippen molar-refractivity contribution < 1.29 is 9.53 Å². The fraction of sp³-hybridized carbons (Fsp3) is 0.643. The number of hydrogen-bond donors (Lipinski definition) is 0. The molecule has 5 nitrogen and oxygen atoms in total. The van der Waals surface area contributed by atoms with Crippen molar-refractivity contribution in [3.05, 3.63) is 17.8 Å². The van der Waals surface area contributed by atoms with Crippen molar-refractivity contribution in [3.8, 4) is 5.88 Å². The van der Waals surface area contributed by atoms with Gasteiger partial charge in [0.15, 0.2) is 5.69 Å². The highest BCUT2D eigenvalue weighted by Crippen LogP contribution is 2.37. The van der Waals surface area contributed by atoms with Crippen molar-refractivity contribution in [2.75, 3.05) is 13.7 Å². The molecule has 1 aliphatic carbocycles. The molecule has 3 rings (SSSR count). The Morgan fingerprint density at radius 3 is 2.84 bits per heavy atom. The van der Waals surface area contributed by atoms with Gasteiger partial charge in [0, 0.05) is 18.7 Å². The van der Waals surface area contributed by atoms with Crippen LogP contribution in [0.15, 0.2) is 12.1 Å². The van der Waals surface area contributed by atoms with Crippen molar-refractivity contribution in [1.29, 1.82) is 0 Å². The predicted octanol–water partition coefficient (Wildman–Crippen LogP) is 1.89. The lowest BCUT2D eigenvalue weighted by atomic mass is 9.92. The largest absolute Gasteiger partial charge is 0.480 e. The number of ether oxygens (including phenoxy) is 1. The van der Waals surface area contributed by atoms with Crippen LogP contribution in [0.5, 0.6) is 5.88 Å². The summed E-state index contributed by atoms with van der Waals surface area (Å²) < 4.78 is 4.97. The number of methoxy groups -OCH3 is 1. The number of carbonyl (C=O) groups is 1. The monoisotopic (exact) mass is 261 g/mol. The van der Waals surface area contributed by atoms with E-state index in [-0.39, 0.29) is 5.91 Å². The summed E-state index contributed by atoms with van der Waals surface area (Å²) in [5.74, 6) is 1.16. The fourth-order valence-corrected chi connectivity index (χ4v) is 3.40. The first kappa shape index (κ1) is 12.4. The topological polar surface area (TPSA) is 55.3 Å². The van der Waals surface area contributed by atoms with Gasteiger partial charge in [-0.15, -0.1) is 10.2 Å². The summed E-state index contributed by atoms with van der Waals surface area (Å²) in [5.41, 5.74) is 0.424. The number of nitrogens with zero attached hydrogens (tertiary/aromatic N) is 3. The Morgan fingerprint density at radius 1 is 1.26 bits per heavy atom. The second-order valence-corrected chi connectivity index (χ2v) is 5.36. The third-order valence-corrected chi connectivity index (χ3v) is 4.32. The van der Waals surface area contributed by atoms with Gasteiger partial charge in [0.1, 0.15) is 0 Å². The summed E-state index contributed by atoms with van der Waals surface area (Å²) in [5, 5.41) is 7.85. The summed E-state index contributed by atoms with van der Waals surface area (Å²) in [6.45, 7) is 0.855. The number of carbonyl (C=O) groups excluding carboxylic acids is 1. The van der Waals surface area contributed by atoms with Crippen LogP contribution in [0.25, 0.3) is 0 Å². The predicted molar refractivity (Wildman–Crippen MR) is 70.0 cm³/mol. The van der Waals surface area contributed by atoms with Crippen molar-refractivity contribution in [3.63, 3.8) is 0 Å². The Balaban J connectivity index is 1.78. The van der Waals surface area contributed by atoms with Crippen LogP contribution < -0.4 is 4.74 Å². The normalized spacial score (nSPS) is 26.1. The third kappa shape index (κ3) is 2.29. The highest BCUT2D eigenvalue weighted by Gasteiger charge is 2.37. The molecule has 0 unspecified atom stereocenters. The first-order valence-corrected chi connectivity index (χ1v) is 6.98. The molecule has 0 N–H and O–H groups in total. The maximum Gasteiger partial charge on any atom is 0.274 e. The summed E-state index contributed by atoms with van der Waals surface area (Å²) >= 11 is 0. The average Bonchev–Trinajstić information content (AvgIpc) is 2.95. The zero-order valence-corrected chi connectivity index (χ0v) is 11.2. The lowest BCUT2D eigenvalue weighted by molar-refractivity contribution is 0.0541. The van der Waals surface area contributed by atoms with Crippen molar-refractivity contribution in [1.82, 2.24) is 15.1 Å². The Bertz CT molecular complexity index is 460. The van der Waals surface area contributed by atoms with Crippen LogP contribution in [0.2, 0.25) is 0 Å². The number of hydrogen-bond acceptors (Lipinski definition) is 4. The lowest BCUT2D eigenvalue weighted by Gasteiger charge is -2.37. The van der Waals surface area contributed by atoms with Crippen molar-refractivity contribution in [2.45, 2.75) is 38.1 Å². The van der Waals surface area contributed by atoms with Crippen LogP contribution in [0.3, 0.4) is 0 Å². The number of rotatable bonds is 2. The van der Waals surface area contributed by atoms with Gasteiger partial charge in [-0.25, -0.2) is 0 Å². The number of likely N-dealkylation sites (tertiary alicyclic amines) is 1. The molecule has 1 aromatic rings. The van der Waals surface area contributed by atoms with Gasteiger partial charge >= 0.3 is 0 Å². The number of aromatic nitrogens is 2. The minimum absolute atomic E-state index is 0.0201. The summed E-state index contributed by atoms with van der Waals surface area (Å²) in [4.78, 5) is 14.5. The SMILES string of the molecule is COc1ccc(C(=O)N2CCC[C@@H]3CCC[C@@H]32)nn1. The Labute approximate surface area is 113 Å². The molecule has 0 radical (unpaired) electrons. The lowest BCUT2D eigenvalue weighted by Crippen LogP contribution is -2.46. The molecule has 1 saturated heterocycles. The van der Waals surface area contributed by atoms with E-state index in [0.717, 1.165) is 19.4 Å². The van der Waals surface area contributed by atoms with Crippen LogP contribution >= 0.6 is 0 Å². The number of amides is 1. The quantitative estimate of drug-likeness (QED) is 0.815. The minimum atomic E-state index is 0.0201. The molecule has 5 heteroatoms. The standard InChI is InChI=1S/C14H19N3O2/c1-19-13-8-7-11(15-16-13)14(18)17-9-3-5-10-4-2-6-12(10)17/h7-8,10,12H,2-6,9H2,1H3/t10-,12-/m0/s1. The second-order valence-electron chi connectivity index (χ2n) is 5.36. The summed E-state index contributed by atoms with van der Waals surface area (Å²) in [7, 11) is 1.54. The van der Waals surface area contributed by atoms with Crippen LogP contribution in [0.4, 0.5) is 0 Å². The minimum Gasteiger partial charge on any atom is -0.480 e. The maximum atomic E-state index is 12.5. The molecule has 2 fully saturated rings. The second kappa shape index (κ2) is 5.15. The highest BCUT2D eigenvalue weighted by atomic mass is 16.5. The van der Waals surface area contributed by atoms with Gasteiger partial charge in [-0.1, -0.05) is 6.42 Å². The van der Waals surface area contributed by atoms with Crippen LogP contribution in [0, 0.1) is 5.92 Å². The molecular weight excluding hydrogens is 242 g/mol. The van der Waals surface area contributed by atoms with Crippen LogP contribution in [0.1, 0.15) is 42.6 Å². The molecule has 0 spiro atoms. The van der Waals surface area contributed by atoms with Crippen molar-refractivity contribution >= 4 is 5.91 Å². The van der Waals surface area contributed by atoms with Crippen LogP contribution in [-0.2, 0) is 0 Å². The number of fused-ring (bicyclic) bond motifs is 1. The molecule has 1 saturated carbocycles. The molecule has 2 heterocycles. The van der Waals surface area contributed by atoms with E-state index in [4.69, 9.17) is 4.74 Å². The van der Waals surface area contributed by atoms with E-state index in [1.165, 1.54) is 19.3 Å². The Hall–Kier alpha value is -1.65. The van der Waals surface area contributed by atoms with Gasteiger partial charge in [0.25, 0.3) is 5.91 Å². The average molecular weight is 261 g/mol. The zero-order chi connectivity index (χ0) is 13.2. The van der Waals surface area contributed by atoms with E-state index in [1.807, 2.05) is 4.90 Å². The van der Waals surface area contributed by atoms with E-state index in [1.54, 1.807) is 19.2 Å². The molecule has 1 aliphatic heterocycles. The molecular formula is C14H19N3O2. The molecule has 1 aromatic heterocycles. The first-order chi connectivity index (χ1) is 9.29. The van der Waals surface area contributed by atoms with Gasteiger partial charge in [0.05, 0.1) is 7.11 Å². The fourth-order valence-electron chi connectivity index (χ4n) is 3.40. The van der Waals surface area contributed by atoms with Gasteiger partial charge in [-0.2, -0.15) is 0 Å². The number of piperidine rings is 1. The van der Waals surface area contributed by atoms with Crippen molar-refractivity contribution in [2.24, 2.45) is 5.92 Å². The maximum absolute atomic E-state index is 12.5. The smallest absolute Gasteiger partial charge is 0.274 e. The molecule has 19 heavy (non-hydrogen) atoms. The van der Waals surface area contributed by atoms with E-state index in [2.05, 4.69) is 10.2 Å². The molecule has 2 atom stereocenters. The van der Waals surface area contributed by atoms with Gasteiger partial charge in [0.2, 0.25) is 5.88 Å². The first-order valence-electron chi connectivity index (χ1n) is 6.98. The zero-order valence-electron chi connectivity index (χ0n) is 11.2. The van der Waals surface area contributed by atoms with E-state index >= 15 is 0 Å². The van der Waals surface area contributed by atoms with Crippen LogP contribution in [-0.4, -0.2) is 40.7 Å². The molecule has 2 aliphatic rings. The highest BCUT2D eigenvalue weighted by molar-refractivity contribution is 5.92. The molecule has 0 aromatic carbocycles. The van der Waals surface area contributed by atoms with E-state index in [0.29, 0.717) is 23.5 Å². The summed E-state index contributed by atoms with van der Waals surface area (Å²) in [6.07, 6.45) is 6.02. The van der Waals surface area contributed by atoms with Gasteiger partial charge in [-0.05, 0) is 37.7 Å². The van der Waals surface area contributed by atoms with E-state index < -0.39 is 0 Å².